The number of nitrogens with zero attached hydrogens (tertiary/aromatic N) is 3. The lowest BCUT2D eigenvalue weighted by molar-refractivity contribution is -0.191. The maximum Gasteiger partial charge on any atom is 0.373 e. The number of carbonyl (C=O) groups excluding carboxylic acids is 2. The Hall–Kier alpha value is -3.28. The van der Waals surface area contributed by atoms with E-state index in [9.17, 15) is 4.79 Å². The van der Waals surface area contributed by atoms with Crippen molar-refractivity contribution in [2.45, 2.75) is 64.7 Å². The van der Waals surface area contributed by atoms with Crippen LogP contribution in [0.25, 0.3) is 4.85 Å². The number of rotatable bonds is 12. The molecule has 182 valence electrons. The molecule has 0 aromatic rings. The van der Waals surface area contributed by atoms with Crippen LogP contribution in [0.15, 0.2) is 25.3 Å². The Labute approximate surface area is 194 Å². The van der Waals surface area contributed by atoms with Gasteiger partial charge in [0.05, 0.1) is 6.07 Å². The highest BCUT2D eigenvalue weighted by Gasteiger charge is 1.91. The van der Waals surface area contributed by atoms with E-state index < -0.39 is 5.97 Å². The predicted octanol–water partition coefficient (Wildman–Crippen LogP) is 4.11. The van der Waals surface area contributed by atoms with E-state index in [1.807, 2.05) is 20.0 Å². The molecule has 0 aliphatic rings. The quantitative estimate of drug-likeness (QED) is 0.227. The summed E-state index contributed by atoms with van der Waals surface area (Å²) in [6.45, 7) is 21.1. The van der Waals surface area contributed by atoms with Gasteiger partial charge in [-0.2, -0.15) is 14.9 Å². The molecule has 0 aromatic heterocycles. The molecule has 0 fully saturated rings. The second-order valence-corrected chi connectivity index (χ2v) is 5.50. The van der Waals surface area contributed by atoms with Crippen molar-refractivity contribution in [1.29, 1.82) is 10.5 Å². The number of nitrogens with one attached hydrogen (secondary N) is 1. The summed E-state index contributed by atoms with van der Waals surface area (Å²) in [5, 5.41) is 25.7. The van der Waals surface area contributed by atoms with Crippen LogP contribution in [0.2, 0.25) is 0 Å². The monoisotopic (exact) mass is 451 g/mol. The average Bonchev–Trinajstić information content (AvgIpc) is 2.81. The molecule has 0 rings (SSSR count). The topological polar surface area (TPSA) is 161 Å². The van der Waals surface area contributed by atoms with Crippen LogP contribution in [0.4, 0.5) is 0 Å². The third kappa shape index (κ3) is 129. The molecule has 0 radical (unpaired) electrons. The van der Waals surface area contributed by atoms with Gasteiger partial charge in [-0.15, -0.1) is 0 Å². The molecule has 9 nitrogen and oxygen atoms in total. The van der Waals surface area contributed by atoms with E-state index in [4.69, 9.17) is 37.5 Å². The molecule has 0 unspecified atom stereocenters. The first-order chi connectivity index (χ1) is 15.4. The van der Waals surface area contributed by atoms with Gasteiger partial charge in [-0.25, -0.2) is 11.8 Å². The molecule has 4 N–H and O–H groups in total. The molecule has 0 saturated heterocycles. The van der Waals surface area contributed by atoms with Crippen molar-refractivity contribution in [2.24, 2.45) is 5.73 Å². The van der Waals surface area contributed by atoms with Crippen molar-refractivity contribution in [3.05, 3.63) is 36.7 Å². The first-order valence-corrected chi connectivity index (χ1v) is 10.2. The Kier molecular flexibility index (Phi) is 84.2. The van der Waals surface area contributed by atoms with E-state index >= 15 is 0 Å². The minimum absolute atomic E-state index is 0.250. The van der Waals surface area contributed by atoms with Crippen molar-refractivity contribution in [3.8, 4) is 12.6 Å². The number of hydrogen-bond donors (Lipinski definition) is 3. The number of allylic oxidation sites excluding steroid dienone is 2. The van der Waals surface area contributed by atoms with Crippen LogP contribution in [0.3, 0.4) is 0 Å². The van der Waals surface area contributed by atoms with Gasteiger partial charge in [-0.3, -0.25) is 4.79 Å². The lowest BCUT2D eigenvalue weighted by Gasteiger charge is -1.95. The molecule has 9 heteroatoms. The van der Waals surface area contributed by atoms with Gasteiger partial charge in [-0.05, 0) is 45.8 Å². The van der Waals surface area contributed by atoms with Gasteiger partial charge in [0, 0.05) is 25.8 Å². The minimum atomic E-state index is -0.693. The number of unbranched alkanes of at least 4 members (excludes halogenated alkanes) is 5. The molecular formula is C23H41N5O4. The average molecular weight is 452 g/mol. The van der Waals surface area contributed by atoms with Gasteiger partial charge < -0.3 is 21.0 Å². The lowest BCUT2D eigenvalue weighted by atomic mass is 10.2. The number of hydrogen-bond acceptors (Lipinski definition) is 7. The van der Waals surface area contributed by atoms with E-state index in [0.29, 0.717) is 19.4 Å². The Morgan fingerprint density at radius 2 is 1.69 bits per heavy atom. The summed E-state index contributed by atoms with van der Waals surface area (Å²) in [4.78, 5) is 29.2. The lowest BCUT2D eigenvalue weighted by Crippen LogP contribution is -2.08. The van der Waals surface area contributed by atoms with Gasteiger partial charge in [0.25, 0.3) is 0 Å². The Morgan fingerprint density at radius 1 is 1.16 bits per heavy atom. The van der Waals surface area contributed by atoms with Gasteiger partial charge in [-0.1, -0.05) is 45.1 Å². The van der Waals surface area contributed by atoms with Crippen LogP contribution in [-0.4, -0.2) is 43.9 Å². The van der Waals surface area contributed by atoms with E-state index in [1.54, 1.807) is 12.2 Å². The van der Waals surface area contributed by atoms with Gasteiger partial charge in [0.1, 0.15) is 0 Å². The van der Waals surface area contributed by atoms with Crippen LogP contribution in [-0.2, 0) is 14.4 Å². The standard InChI is InChI=1S/C6H16N2.C6H8N2.C5H10O2.C4H6.CHN.CO2/c2*1-8-6-4-2-3-5-7;1-2-3-4-5(6)7;1-3-4-2;1-2;2-1-3/h8H,2-7H2,1H3;2-4,6H2;2-4H2,1H3,(H,6,7);3-4H,1-2H2;1H;. The zero-order chi connectivity index (χ0) is 26.3. The van der Waals surface area contributed by atoms with E-state index in [1.165, 1.54) is 19.3 Å². The third-order valence-corrected chi connectivity index (χ3v) is 2.85. The maximum absolute atomic E-state index is 9.76. The summed E-state index contributed by atoms with van der Waals surface area (Å²) in [6.07, 6.45) is 11.6. The summed E-state index contributed by atoms with van der Waals surface area (Å²) in [7, 11) is 1.97. The van der Waals surface area contributed by atoms with Crippen molar-refractivity contribution < 1.29 is 19.5 Å². The first kappa shape index (κ1) is 42.8. The molecule has 0 aliphatic carbocycles. The number of nitriles is 2. The van der Waals surface area contributed by atoms with E-state index in [2.05, 4.69) is 29.9 Å². The fraction of sp³-hybridized carbons (Fsp3) is 0.609. The molecule has 32 heavy (non-hydrogen) atoms. The fourth-order valence-electron chi connectivity index (χ4n) is 1.35. The second-order valence-electron chi connectivity index (χ2n) is 5.50. The molecule has 0 saturated carbocycles. The van der Waals surface area contributed by atoms with E-state index in [0.717, 1.165) is 38.8 Å². The molecule has 0 atom stereocenters. The highest BCUT2D eigenvalue weighted by atomic mass is 16.4. The molecule has 0 aliphatic heterocycles. The number of carbonyl (C=O) groups is 1. The number of carboxylic acid groups (broad SMARTS) is 1. The van der Waals surface area contributed by atoms with Crippen molar-refractivity contribution >= 4 is 12.1 Å². The summed E-state index contributed by atoms with van der Waals surface area (Å²) in [5.74, 6) is -0.693. The van der Waals surface area contributed by atoms with Crippen LogP contribution in [0.5, 0.6) is 0 Å². The molecule has 0 heterocycles. The number of carboxylic acids is 1. The molecular weight excluding hydrogens is 410 g/mol. The van der Waals surface area contributed by atoms with Crippen molar-refractivity contribution in [1.82, 2.24) is 5.32 Å². The van der Waals surface area contributed by atoms with Crippen LogP contribution in [0.1, 0.15) is 64.7 Å². The summed E-state index contributed by atoms with van der Waals surface area (Å²) >= 11 is 0. The summed E-state index contributed by atoms with van der Waals surface area (Å²) in [6, 6.07) is 2.02. The number of aliphatic carboxylic acids is 1. The summed E-state index contributed by atoms with van der Waals surface area (Å²) < 4.78 is 0. The third-order valence-electron chi connectivity index (χ3n) is 2.85. The molecule has 0 aromatic carbocycles. The van der Waals surface area contributed by atoms with Crippen molar-refractivity contribution in [3.63, 3.8) is 0 Å². The Morgan fingerprint density at radius 3 is 1.97 bits per heavy atom. The summed E-state index contributed by atoms with van der Waals surface area (Å²) in [5.41, 5.74) is 5.29. The zero-order valence-electron chi connectivity index (χ0n) is 19.7. The highest BCUT2D eigenvalue weighted by Crippen LogP contribution is 1.92. The predicted molar refractivity (Wildman–Crippen MR) is 127 cm³/mol. The first-order valence-electron chi connectivity index (χ1n) is 10.2. The van der Waals surface area contributed by atoms with E-state index in [-0.39, 0.29) is 6.15 Å². The van der Waals surface area contributed by atoms with Crippen LogP contribution in [0, 0.1) is 29.7 Å². The minimum Gasteiger partial charge on any atom is -0.481 e. The second kappa shape index (κ2) is 63.0. The maximum atomic E-state index is 9.76. The van der Waals surface area contributed by atoms with Crippen LogP contribution < -0.4 is 11.1 Å². The zero-order valence-corrected chi connectivity index (χ0v) is 19.7. The normalized spacial score (nSPS) is 7.09. The fourth-order valence-corrected chi connectivity index (χ4v) is 1.35. The highest BCUT2D eigenvalue weighted by molar-refractivity contribution is 5.66. The Bertz CT molecular complexity index is 475. The van der Waals surface area contributed by atoms with Gasteiger partial charge >= 0.3 is 12.1 Å². The molecule has 0 bridgehead atoms. The number of nitrogens with two attached hydrogens (primary N) is 1. The smallest absolute Gasteiger partial charge is 0.373 e. The Balaban J connectivity index is -0.0000000671. The molecule has 0 spiro atoms. The van der Waals surface area contributed by atoms with Gasteiger partial charge in [0.15, 0.2) is 0 Å². The SMILES string of the molecule is C#N.C=CC=C.CCCCC(=O)O.CNCCCCCN.O=C=O.[C-]#[N+]CCCCC#N. The van der Waals surface area contributed by atoms with Crippen LogP contribution >= 0.6 is 0 Å². The van der Waals surface area contributed by atoms with Crippen molar-refractivity contribution in [2.75, 3.05) is 26.7 Å². The van der Waals surface area contributed by atoms with Gasteiger partial charge in [0.2, 0.25) is 6.54 Å². The molecule has 0 amide bonds. The largest absolute Gasteiger partial charge is 0.481 e.